The highest BCUT2D eigenvalue weighted by Gasteiger charge is 2.13. The number of carbonyl (C=O) groups is 1. The third-order valence-electron chi connectivity index (χ3n) is 3.52. The second-order valence-electron chi connectivity index (χ2n) is 5.20. The first-order chi connectivity index (χ1) is 9.15. The van der Waals surface area contributed by atoms with Crippen molar-refractivity contribution in [1.29, 1.82) is 0 Å². The Morgan fingerprint density at radius 3 is 2.58 bits per heavy atom. The number of nitrogens with zero attached hydrogens (tertiary/aromatic N) is 1. The Balaban J connectivity index is 1.87. The second-order valence-corrected chi connectivity index (χ2v) is 5.61. The summed E-state index contributed by atoms with van der Waals surface area (Å²) in [4.78, 5) is 14.2. The zero-order valence-electron chi connectivity index (χ0n) is 11.4. The van der Waals surface area contributed by atoms with Gasteiger partial charge in [-0.1, -0.05) is 30.5 Å². The highest BCUT2D eigenvalue weighted by molar-refractivity contribution is 6.31. The molecule has 0 aromatic heterocycles. The quantitative estimate of drug-likeness (QED) is 0.920. The summed E-state index contributed by atoms with van der Waals surface area (Å²) in [5.41, 5.74) is 1.79. The van der Waals surface area contributed by atoms with Gasteiger partial charge in [0.15, 0.2) is 0 Å². The molecule has 104 valence electrons. The number of anilines is 1. The van der Waals surface area contributed by atoms with Gasteiger partial charge in [0.25, 0.3) is 0 Å². The summed E-state index contributed by atoms with van der Waals surface area (Å²) >= 11 is 6.05. The average Bonchev–Trinajstić information content (AvgIpc) is 2.62. The average molecular weight is 281 g/mol. The van der Waals surface area contributed by atoms with Crippen LogP contribution in [0.2, 0.25) is 5.02 Å². The number of rotatable bonds is 3. The van der Waals surface area contributed by atoms with Crippen LogP contribution >= 0.6 is 11.6 Å². The maximum atomic E-state index is 12.0. The number of benzene rings is 1. The van der Waals surface area contributed by atoms with Gasteiger partial charge in [-0.05, 0) is 50.6 Å². The fraction of sp³-hybridized carbons (Fsp3) is 0.533. The van der Waals surface area contributed by atoms with E-state index in [9.17, 15) is 4.79 Å². The van der Waals surface area contributed by atoms with Crippen LogP contribution in [0.3, 0.4) is 0 Å². The summed E-state index contributed by atoms with van der Waals surface area (Å²) in [5, 5.41) is 3.60. The fourth-order valence-corrected chi connectivity index (χ4v) is 2.55. The van der Waals surface area contributed by atoms with E-state index in [-0.39, 0.29) is 5.91 Å². The Bertz CT molecular complexity index is 440. The topological polar surface area (TPSA) is 32.3 Å². The third-order valence-corrected chi connectivity index (χ3v) is 3.93. The lowest BCUT2D eigenvalue weighted by molar-refractivity contribution is -0.117. The molecule has 1 aliphatic heterocycles. The number of hydrogen-bond acceptors (Lipinski definition) is 2. The summed E-state index contributed by atoms with van der Waals surface area (Å²) in [5.74, 6) is 0.0434. The van der Waals surface area contributed by atoms with E-state index in [1.165, 1.54) is 25.7 Å². The van der Waals surface area contributed by atoms with E-state index in [0.717, 1.165) is 24.3 Å². The van der Waals surface area contributed by atoms with Gasteiger partial charge in [-0.15, -0.1) is 0 Å². The van der Waals surface area contributed by atoms with Gasteiger partial charge in [0, 0.05) is 10.7 Å². The standard InChI is InChI=1S/C15H21ClN2O/c1-12-6-7-13(10-14(12)16)17-15(19)11-18-8-4-2-3-5-9-18/h6-7,10H,2-5,8-9,11H2,1H3,(H,17,19). The van der Waals surface area contributed by atoms with Crippen molar-refractivity contribution >= 4 is 23.2 Å². The first-order valence-corrected chi connectivity index (χ1v) is 7.31. The van der Waals surface area contributed by atoms with Crippen molar-refractivity contribution in [1.82, 2.24) is 4.90 Å². The van der Waals surface area contributed by atoms with Crippen molar-refractivity contribution in [2.24, 2.45) is 0 Å². The van der Waals surface area contributed by atoms with Gasteiger partial charge in [0.05, 0.1) is 6.54 Å². The molecule has 1 saturated heterocycles. The van der Waals surface area contributed by atoms with Gasteiger partial charge in [-0.25, -0.2) is 0 Å². The van der Waals surface area contributed by atoms with Gasteiger partial charge < -0.3 is 5.32 Å². The van der Waals surface area contributed by atoms with E-state index in [4.69, 9.17) is 11.6 Å². The molecule has 0 aliphatic carbocycles. The Labute approximate surface area is 119 Å². The Kier molecular flexibility index (Phi) is 5.23. The van der Waals surface area contributed by atoms with E-state index >= 15 is 0 Å². The van der Waals surface area contributed by atoms with Crippen LogP contribution in [0.25, 0.3) is 0 Å². The van der Waals surface area contributed by atoms with Gasteiger partial charge in [-0.2, -0.15) is 0 Å². The zero-order valence-corrected chi connectivity index (χ0v) is 12.2. The molecule has 0 radical (unpaired) electrons. The van der Waals surface area contributed by atoms with Crippen molar-refractivity contribution in [3.8, 4) is 0 Å². The van der Waals surface area contributed by atoms with E-state index in [0.29, 0.717) is 11.6 Å². The molecule has 1 N–H and O–H groups in total. The monoisotopic (exact) mass is 280 g/mol. The molecule has 2 rings (SSSR count). The zero-order chi connectivity index (χ0) is 13.7. The lowest BCUT2D eigenvalue weighted by atomic mass is 10.2. The molecule has 4 heteroatoms. The van der Waals surface area contributed by atoms with E-state index in [1.807, 2.05) is 19.1 Å². The Morgan fingerprint density at radius 2 is 1.95 bits per heavy atom. The van der Waals surface area contributed by atoms with Crippen LogP contribution in [0.4, 0.5) is 5.69 Å². The van der Waals surface area contributed by atoms with Crippen LogP contribution < -0.4 is 5.32 Å². The molecule has 1 fully saturated rings. The second kappa shape index (κ2) is 6.92. The SMILES string of the molecule is Cc1ccc(NC(=O)CN2CCCCCC2)cc1Cl. The number of amides is 1. The minimum atomic E-state index is 0.0434. The molecule has 1 aromatic carbocycles. The van der Waals surface area contributed by atoms with Crippen LogP contribution in [0, 0.1) is 6.92 Å². The van der Waals surface area contributed by atoms with Crippen molar-refractivity contribution < 1.29 is 4.79 Å². The molecule has 1 heterocycles. The Hall–Kier alpha value is -1.06. The number of hydrogen-bond donors (Lipinski definition) is 1. The summed E-state index contributed by atoms with van der Waals surface area (Å²) in [6.45, 7) is 4.49. The van der Waals surface area contributed by atoms with Gasteiger partial charge in [0.1, 0.15) is 0 Å². The summed E-state index contributed by atoms with van der Waals surface area (Å²) in [6.07, 6.45) is 4.96. The van der Waals surface area contributed by atoms with Gasteiger partial charge >= 0.3 is 0 Å². The number of nitrogens with one attached hydrogen (secondary N) is 1. The van der Waals surface area contributed by atoms with Crippen LogP contribution in [0.5, 0.6) is 0 Å². The molecular weight excluding hydrogens is 260 g/mol. The molecule has 1 amide bonds. The third kappa shape index (κ3) is 4.51. The molecule has 0 bridgehead atoms. The van der Waals surface area contributed by atoms with Crippen molar-refractivity contribution in [2.75, 3.05) is 25.0 Å². The lowest BCUT2D eigenvalue weighted by Gasteiger charge is -2.19. The van der Waals surface area contributed by atoms with E-state index < -0.39 is 0 Å². The smallest absolute Gasteiger partial charge is 0.238 e. The molecule has 1 aromatic rings. The molecule has 0 unspecified atom stereocenters. The maximum absolute atomic E-state index is 12.0. The predicted octanol–water partition coefficient (Wildman–Crippen LogP) is 3.46. The molecule has 0 spiro atoms. The van der Waals surface area contributed by atoms with Crippen LogP contribution in [0.15, 0.2) is 18.2 Å². The lowest BCUT2D eigenvalue weighted by Crippen LogP contribution is -2.33. The normalized spacial score (nSPS) is 16.9. The maximum Gasteiger partial charge on any atom is 0.238 e. The van der Waals surface area contributed by atoms with Crippen molar-refractivity contribution in [3.63, 3.8) is 0 Å². The molecule has 1 aliphatic rings. The summed E-state index contributed by atoms with van der Waals surface area (Å²) in [6, 6.07) is 5.61. The number of aryl methyl sites for hydroxylation is 1. The van der Waals surface area contributed by atoms with Crippen LogP contribution in [-0.4, -0.2) is 30.4 Å². The van der Waals surface area contributed by atoms with Gasteiger partial charge in [-0.3, -0.25) is 9.69 Å². The first-order valence-electron chi connectivity index (χ1n) is 6.93. The molecule has 0 atom stereocenters. The van der Waals surface area contributed by atoms with Crippen LogP contribution in [-0.2, 0) is 4.79 Å². The molecular formula is C15H21ClN2O. The first kappa shape index (κ1) is 14.4. The van der Waals surface area contributed by atoms with E-state index in [2.05, 4.69) is 10.2 Å². The van der Waals surface area contributed by atoms with Gasteiger partial charge in [0.2, 0.25) is 5.91 Å². The number of carbonyl (C=O) groups excluding carboxylic acids is 1. The minimum absolute atomic E-state index is 0.0434. The Morgan fingerprint density at radius 1 is 1.26 bits per heavy atom. The summed E-state index contributed by atoms with van der Waals surface area (Å²) in [7, 11) is 0. The predicted molar refractivity (Wildman–Crippen MR) is 79.7 cm³/mol. The number of halogens is 1. The largest absolute Gasteiger partial charge is 0.325 e. The van der Waals surface area contributed by atoms with Crippen LogP contribution in [0.1, 0.15) is 31.2 Å². The fourth-order valence-electron chi connectivity index (χ4n) is 2.37. The van der Waals surface area contributed by atoms with Crippen molar-refractivity contribution in [3.05, 3.63) is 28.8 Å². The molecule has 0 saturated carbocycles. The molecule has 3 nitrogen and oxygen atoms in total. The highest BCUT2D eigenvalue weighted by Crippen LogP contribution is 2.20. The minimum Gasteiger partial charge on any atom is -0.325 e. The highest BCUT2D eigenvalue weighted by atomic mass is 35.5. The van der Waals surface area contributed by atoms with Crippen molar-refractivity contribution in [2.45, 2.75) is 32.6 Å². The molecule has 19 heavy (non-hydrogen) atoms. The number of likely N-dealkylation sites (tertiary alicyclic amines) is 1. The summed E-state index contributed by atoms with van der Waals surface area (Å²) < 4.78 is 0. The van der Waals surface area contributed by atoms with E-state index in [1.54, 1.807) is 6.07 Å².